The molecule has 0 saturated carbocycles. The number of rotatable bonds is 1. The summed E-state index contributed by atoms with van der Waals surface area (Å²) < 4.78 is 0. The Morgan fingerprint density at radius 2 is 2.13 bits per heavy atom. The molecule has 0 aromatic carbocycles. The van der Waals surface area contributed by atoms with E-state index in [1.807, 2.05) is 0 Å². The second-order valence-electron chi connectivity index (χ2n) is 3.51. The second-order valence-corrected chi connectivity index (χ2v) is 4.43. The summed E-state index contributed by atoms with van der Waals surface area (Å²) in [6.45, 7) is 3.97. The highest BCUT2D eigenvalue weighted by Crippen LogP contribution is 2.22. The van der Waals surface area contributed by atoms with Crippen molar-refractivity contribution in [1.29, 1.82) is 0 Å². The monoisotopic (exact) mass is 224 g/mol. The SMILES string of the molecule is CN=C(N)N1CCN(c2cccs2)CC1. The van der Waals surface area contributed by atoms with E-state index in [-0.39, 0.29) is 0 Å². The Bertz CT molecular complexity index is 325. The molecule has 82 valence electrons. The molecule has 1 aromatic rings. The molecule has 1 fully saturated rings. The van der Waals surface area contributed by atoms with Gasteiger partial charge in [0.05, 0.1) is 5.00 Å². The van der Waals surface area contributed by atoms with E-state index >= 15 is 0 Å². The lowest BCUT2D eigenvalue weighted by molar-refractivity contribution is 0.382. The molecule has 1 aliphatic heterocycles. The highest BCUT2D eigenvalue weighted by Gasteiger charge is 2.18. The maximum absolute atomic E-state index is 5.77. The van der Waals surface area contributed by atoms with Gasteiger partial charge in [-0.2, -0.15) is 0 Å². The van der Waals surface area contributed by atoms with E-state index in [0.29, 0.717) is 5.96 Å². The van der Waals surface area contributed by atoms with Gasteiger partial charge in [0.1, 0.15) is 0 Å². The first kappa shape index (κ1) is 10.3. The van der Waals surface area contributed by atoms with Gasteiger partial charge < -0.3 is 15.5 Å². The maximum atomic E-state index is 5.77. The van der Waals surface area contributed by atoms with E-state index in [2.05, 4.69) is 32.3 Å². The van der Waals surface area contributed by atoms with Crippen LogP contribution < -0.4 is 10.6 Å². The summed E-state index contributed by atoms with van der Waals surface area (Å²) in [7, 11) is 1.74. The zero-order chi connectivity index (χ0) is 10.7. The van der Waals surface area contributed by atoms with Crippen LogP contribution in [0.2, 0.25) is 0 Å². The zero-order valence-electron chi connectivity index (χ0n) is 8.89. The topological polar surface area (TPSA) is 44.9 Å². The summed E-state index contributed by atoms with van der Waals surface area (Å²) in [4.78, 5) is 8.53. The largest absolute Gasteiger partial charge is 0.370 e. The van der Waals surface area contributed by atoms with Crippen LogP contribution in [0, 0.1) is 0 Å². The summed E-state index contributed by atoms with van der Waals surface area (Å²) in [6, 6.07) is 4.26. The standard InChI is InChI=1S/C10H16N4S/c1-12-10(11)14-6-4-13(5-7-14)9-3-2-8-15-9/h2-3,8H,4-7H2,1H3,(H2,11,12). The Labute approximate surface area is 94.0 Å². The van der Waals surface area contributed by atoms with Crippen LogP contribution in [0.3, 0.4) is 0 Å². The first-order chi connectivity index (χ1) is 7.31. The molecule has 2 heterocycles. The first-order valence-corrected chi connectivity index (χ1v) is 5.95. The fourth-order valence-electron chi connectivity index (χ4n) is 1.75. The third-order valence-corrected chi connectivity index (χ3v) is 3.58. The highest BCUT2D eigenvalue weighted by atomic mass is 32.1. The van der Waals surface area contributed by atoms with Gasteiger partial charge >= 0.3 is 0 Å². The van der Waals surface area contributed by atoms with E-state index in [9.17, 15) is 0 Å². The van der Waals surface area contributed by atoms with Crippen LogP contribution in [0.15, 0.2) is 22.5 Å². The fraction of sp³-hybridized carbons (Fsp3) is 0.500. The number of anilines is 1. The number of hydrogen-bond acceptors (Lipinski definition) is 3. The molecular weight excluding hydrogens is 208 g/mol. The molecule has 1 saturated heterocycles. The van der Waals surface area contributed by atoms with Gasteiger partial charge in [0, 0.05) is 33.2 Å². The fourth-order valence-corrected chi connectivity index (χ4v) is 2.53. The molecule has 0 unspecified atom stereocenters. The lowest BCUT2D eigenvalue weighted by Gasteiger charge is -2.35. The van der Waals surface area contributed by atoms with E-state index < -0.39 is 0 Å². The molecule has 1 aromatic heterocycles. The van der Waals surface area contributed by atoms with Crippen molar-refractivity contribution in [1.82, 2.24) is 4.90 Å². The lowest BCUT2D eigenvalue weighted by Crippen LogP contribution is -2.51. The van der Waals surface area contributed by atoms with Crippen molar-refractivity contribution >= 4 is 22.3 Å². The van der Waals surface area contributed by atoms with Crippen LogP contribution in [-0.2, 0) is 0 Å². The van der Waals surface area contributed by atoms with Crippen molar-refractivity contribution in [3.8, 4) is 0 Å². The smallest absolute Gasteiger partial charge is 0.191 e. The Hall–Kier alpha value is -1.23. The van der Waals surface area contributed by atoms with Crippen molar-refractivity contribution in [2.45, 2.75) is 0 Å². The molecule has 0 radical (unpaired) electrons. The Balaban J connectivity index is 1.93. The second kappa shape index (κ2) is 4.53. The third kappa shape index (κ3) is 2.23. The molecule has 0 atom stereocenters. The van der Waals surface area contributed by atoms with Crippen LogP contribution in [0.4, 0.5) is 5.00 Å². The van der Waals surface area contributed by atoms with Crippen LogP contribution in [0.25, 0.3) is 0 Å². The number of thiophene rings is 1. The molecule has 0 amide bonds. The van der Waals surface area contributed by atoms with Gasteiger partial charge in [0.15, 0.2) is 5.96 Å². The van der Waals surface area contributed by atoms with Crippen molar-refractivity contribution in [3.63, 3.8) is 0 Å². The molecule has 5 heteroatoms. The Morgan fingerprint density at radius 3 is 2.67 bits per heavy atom. The summed E-state index contributed by atoms with van der Waals surface area (Å²) in [5.74, 6) is 0.654. The first-order valence-electron chi connectivity index (χ1n) is 5.07. The summed E-state index contributed by atoms with van der Waals surface area (Å²) in [5.41, 5.74) is 5.77. The van der Waals surface area contributed by atoms with Crippen molar-refractivity contribution in [2.75, 3.05) is 38.1 Å². The van der Waals surface area contributed by atoms with E-state index in [4.69, 9.17) is 5.73 Å². The highest BCUT2D eigenvalue weighted by molar-refractivity contribution is 7.14. The van der Waals surface area contributed by atoms with Gasteiger partial charge in [-0.25, -0.2) is 0 Å². The zero-order valence-corrected chi connectivity index (χ0v) is 9.70. The quantitative estimate of drug-likeness (QED) is 0.567. The third-order valence-electron chi connectivity index (χ3n) is 2.65. The summed E-state index contributed by atoms with van der Waals surface area (Å²) in [6.07, 6.45) is 0. The molecule has 0 bridgehead atoms. The number of piperazine rings is 1. The minimum atomic E-state index is 0.654. The average Bonchev–Trinajstić information content (AvgIpc) is 2.82. The van der Waals surface area contributed by atoms with Crippen LogP contribution in [0.1, 0.15) is 0 Å². The number of hydrogen-bond donors (Lipinski definition) is 1. The molecular formula is C10H16N4S. The lowest BCUT2D eigenvalue weighted by atomic mass is 10.3. The Kier molecular flexibility index (Phi) is 3.11. The van der Waals surface area contributed by atoms with Gasteiger partial charge in [-0.05, 0) is 17.5 Å². The van der Waals surface area contributed by atoms with Gasteiger partial charge in [-0.1, -0.05) is 0 Å². The number of nitrogens with zero attached hydrogens (tertiary/aromatic N) is 3. The maximum Gasteiger partial charge on any atom is 0.191 e. The number of nitrogens with two attached hydrogens (primary N) is 1. The number of aliphatic imine (C=N–C) groups is 1. The normalized spacial score (nSPS) is 18.3. The van der Waals surface area contributed by atoms with Crippen LogP contribution >= 0.6 is 11.3 Å². The van der Waals surface area contributed by atoms with Crippen molar-refractivity contribution in [3.05, 3.63) is 17.5 Å². The average molecular weight is 224 g/mol. The van der Waals surface area contributed by atoms with E-state index in [1.165, 1.54) is 5.00 Å². The van der Waals surface area contributed by atoms with E-state index in [0.717, 1.165) is 26.2 Å². The predicted octanol–water partition coefficient (Wildman–Crippen LogP) is 0.815. The van der Waals surface area contributed by atoms with Crippen molar-refractivity contribution in [2.24, 2.45) is 10.7 Å². The Morgan fingerprint density at radius 1 is 1.40 bits per heavy atom. The van der Waals surface area contributed by atoms with Gasteiger partial charge in [0.2, 0.25) is 0 Å². The van der Waals surface area contributed by atoms with Crippen LogP contribution in [-0.4, -0.2) is 44.1 Å². The molecule has 4 nitrogen and oxygen atoms in total. The molecule has 15 heavy (non-hydrogen) atoms. The number of guanidine groups is 1. The van der Waals surface area contributed by atoms with Crippen LogP contribution in [0.5, 0.6) is 0 Å². The van der Waals surface area contributed by atoms with Gasteiger partial charge in [-0.15, -0.1) is 11.3 Å². The molecule has 1 aliphatic rings. The van der Waals surface area contributed by atoms with Gasteiger partial charge in [0.25, 0.3) is 0 Å². The predicted molar refractivity (Wildman–Crippen MR) is 65.7 cm³/mol. The molecule has 2 rings (SSSR count). The van der Waals surface area contributed by atoms with Gasteiger partial charge in [-0.3, -0.25) is 4.99 Å². The minimum Gasteiger partial charge on any atom is -0.370 e. The summed E-state index contributed by atoms with van der Waals surface area (Å²) >= 11 is 1.79. The minimum absolute atomic E-state index is 0.654. The summed E-state index contributed by atoms with van der Waals surface area (Å²) in [5, 5.41) is 3.46. The van der Waals surface area contributed by atoms with Crippen molar-refractivity contribution < 1.29 is 0 Å². The molecule has 2 N–H and O–H groups in total. The molecule has 0 aliphatic carbocycles. The van der Waals surface area contributed by atoms with E-state index in [1.54, 1.807) is 18.4 Å². The molecule has 0 spiro atoms.